The first kappa shape index (κ1) is 23.2. The second-order valence-corrected chi connectivity index (χ2v) is 12.2. The van der Waals surface area contributed by atoms with E-state index in [2.05, 4.69) is 49.7 Å². The number of aromatic nitrogens is 2. The molecule has 1 saturated carbocycles. The zero-order valence-corrected chi connectivity index (χ0v) is 21.6. The molecule has 2 aliphatic rings. The SMILES string of the molecule is Cc1cccc(-n2nc(C(C)(C)C)c3c2N(CC(=O)NC2CC2)C(=O)CSC3c2cccs2)c1. The molecule has 1 fully saturated rings. The van der Waals surface area contributed by atoms with Crippen molar-refractivity contribution in [3.8, 4) is 5.69 Å². The van der Waals surface area contributed by atoms with Gasteiger partial charge in [-0.1, -0.05) is 39.0 Å². The van der Waals surface area contributed by atoms with Gasteiger partial charge in [-0.3, -0.25) is 14.5 Å². The van der Waals surface area contributed by atoms with Crippen molar-refractivity contribution < 1.29 is 9.59 Å². The van der Waals surface area contributed by atoms with Crippen LogP contribution in [0, 0.1) is 6.92 Å². The number of amides is 2. The van der Waals surface area contributed by atoms with Crippen molar-refractivity contribution in [1.29, 1.82) is 0 Å². The number of hydrogen-bond acceptors (Lipinski definition) is 5. The number of thioether (sulfide) groups is 1. The fourth-order valence-electron chi connectivity index (χ4n) is 4.32. The van der Waals surface area contributed by atoms with Crippen LogP contribution in [0.25, 0.3) is 5.69 Å². The molecule has 1 aliphatic heterocycles. The minimum atomic E-state index is -0.245. The lowest BCUT2D eigenvalue weighted by Crippen LogP contribution is -2.43. The molecule has 1 N–H and O–H groups in total. The van der Waals surface area contributed by atoms with Gasteiger partial charge in [0.2, 0.25) is 11.8 Å². The summed E-state index contributed by atoms with van der Waals surface area (Å²) in [5.41, 5.74) is 3.75. The number of fused-ring (bicyclic) bond motifs is 1. The van der Waals surface area contributed by atoms with Gasteiger partial charge in [-0.15, -0.1) is 23.1 Å². The van der Waals surface area contributed by atoms with Crippen LogP contribution >= 0.6 is 23.1 Å². The normalized spacial score (nSPS) is 18.5. The molecule has 0 bridgehead atoms. The number of hydrogen-bond donors (Lipinski definition) is 1. The van der Waals surface area contributed by atoms with Crippen LogP contribution in [0.1, 0.15) is 60.6 Å². The summed E-state index contributed by atoms with van der Waals surface area (Å²) < 4.78 is 1.89. The van der Waals surface area contributed by atoms with Gasteiger partial charge in [0, 0.05) is 21.9 Å². The molecule has 6 nitrogen and oxygen atoms in total. The Kier molecular flexibility index (Phi) is 6.06. The Balaban J connectivity index is 1.74. The molecule has 8 heteroatoms. The third-order valence-corrected chi connectivity index (χ3v) is 8.41. The smallest absolute Gasteiger partial charge is 0.240 e. The van der Waals surface area contributed by atoms with Gasteiger partial charge in [-0.2, -0.15) is 5.10 Å². The van der Waals surface area contributed by atoms with E-state index in [1.807, 2.05) is 29.8 Å². The highest BCUT2D eigenvalue weighted by Crippen LogP contribution is 2.49. The highest BCUT2D eigenvalue weighted by Gasteiger charge is 2.40. The number of nitrogens with one attached hydrogen (secondary N) is 1. The van der Waals surface area contributed by atoms with Gasteiger partial charge >= 0.3 is 0 Å². The molecule has 178 valence electrons. The molecule has 1 aromatic carbocycles. The van der Waals surface area contributed by atoms with E-state index in [0.717, 1.165) is 41.2 Å². The molecule has 5 rings (SSSR count). The lowest BCUT2D eigenvalue weighted by atomic mass is 9.88. The summed E-state index contributed by atoms with van der Waals surface area (Å²) in [6.07, 6.45) is 2.02. The first-order chi connectivity index (χ1) is 16.2. The lowest BCUT2D eigenvalue weighted by Gasteiger charge is -2.24. The third kappa shape index (κ3) is 4.53. The Hall–Kier alpha value is -2.58. The van der Waals surface area contributed by atoms with E-state index in [1.165, 1.54) is 4.88 Å². The molecule has 0 spiro atoms. The predicted molar refractivity (Wildman–Crippen MR) is 139 cm³/mol. The summed E-state index contributed by atoms with van der Waals surface area (Å²) in [7, 11) is 0. The molecule has 3 aromatic rings. The maximum atomic E-state index is 13.5. The van der Waals surface area contributed by atoms with Gasteiger partial charge in [-0.05, 0) is 48.9 Å². The molecule has 34 heavy (non-hydrogen) atoms. The van der Waals surface area contributed by atoms with Crippen LogP contribution in [0.2, 0.25) is 0 Å². The second-order valence-electron chi connectivity index (χ2n) is 10.1. The first-order valence-electron chi connectivity index (χ1n) is 11.7. The van der Waals surface area contributed by atoms with E-state index < -0.39 is 0 Å². The van der Waals surface area contributed by atoms with Crippen molar-refractivity contribution in [2.75, 3.05) is 17.2 Å². The van der Waals surface area contributed by atoms with Crippen molar-refractivity contribution >= 4 is 40.7 Å². The Morgan fingerprint density at radius 2 is 2.00 bits per heavy atom. The van der Waals surface area contributed by atoms with Gasteiger partial charge in [0.15, 0.2) is 0 Å². The fraction of sp³-hybridized carbons (Fsp3) is 0.423. The molecule has 1 unspecified atom stereocenters. The van der Waals surface area contributed by atoms with Crippen LogP contribution < -0.4 is 10.2 Å². The topological polar surface area (TPSA) is 67.2 Å². The third-order valence-electron chi connectivity index (χ3n) is 6.09. The van der Waals surface area contributed by atoms with Crippen LogP contribution in [-0.2, 0) is 15.0 Å². The van der Waals surface area contributed by atoms with E-state index in [4.69, 9.17) is 5.10 Å². The van der Waals surface area contributed by atoms with Crippen LogP contribution in [0.15, 0.2) is 41.8 Å². The summed E-state index contributed by atoms with van der Waals surface area (Å²) >= 11 is 3.32. The van der Waals surface area contributed by atoms with E-state index in [9.17, 15) is 9.59 Å². The Morgan fingerprint density at radius 1 is 1.21 bits per heavy atom. The van der Waals surface area contributed by atoms with Gasteiger partial charge in [0.1, 0.15) is 12.4 Å². The highest BCUT2D eigenvalue weighted by molar-refractivity contribution is 8.00. The quantitative estimate of drug-likeness (QED) is 0.543. The Morgan fingerprint density at radius 3 is 2.65 bits per heavy atom. The Bertz CT molecular complexity index is 1220. The molecule has 0 saturated heterocycles. The molecule has 0 radical (unpaired) electrons. The number of aryl methyl sites for hydroxylation is 1. The molecule has 1 aliphatic carbocycles. The van der Waals surface area contributed by atoms with E-state index in [-0.39, 0.29) is 35.1 Å². The average molecular weight is 495 g/mol. The molecule has 2 amide bonds. The monoisotopic (exact) mass is 494 g/mol. The van der Waals surface area contributed by atoms with Crippen molar-refractivity contribution in [3.63, 3.8) is 0 Å². The molecular weight excluding hydrogens is 464 g/mol. The Labute approximate surface area is 208 Å². The summed E-state index contributed by atoms with van der Waals surface area (Å²) in [4.78, 5) is 29.3. The number of nitrogens with zero attached hydrogens (tertiary/aromatic N) is 3. The molecule has 2 aromatic heterocycles. The lowest BCUT2D eigenvalue weighted by molar-refractivity contribution is -0.123. The number of thiophene rings is 1. The number of rotatable bonds is 5. The number of carbonyl (C=O) groups is 2. The number of benzene rings is 1. The minimum Gasteiger partial charge on any atom is -0.352 e. The summed E-state index contributed by atoms with van der Waals surface area (Å²) in [5, 5.41) is 10.2. The molecule has 1 atom stereocenters. The standard InChI is InChI=1S/C26H30N4O2S2/c1-16-7-5-8-18(13-16)30-25-22(24(28-30)26(2,3)4)23(19-9-6-12-33-19)34-15-21(32)29(25)14-20(31)27-17-10-11-17/h5-9,12-13,17,23H,10-11,14-15H2,1-4H3,(H,27,31). The molecule has 3 heterocycles. The van der Waals surface area contributed by atoms with Crippen LogP contribution in [0.5, 0.6) is 0 Å². The average Bonchev–Trinajstić information content (AvgIpc) is 3.29. The first-order valence-corrected chi connectivity index (χ1v) is 13.6. The van der Waals surface area contributed by atoms with Crippen LogP contribution in [0.3, 0.4) is 0 Å². The second kappa shape index (κ2) is 8.89. The maximum Gasteiger partial charge on any atom is 0.240 e. The van der Waals surface area contributed by atoms with Gasteiger partial charge in [0.25, 0.3) is 0 Å². The fourth-order valence-corrected chi connectivity index (χ4v) is 6.50. The van der Waals surface area contributed by atoms with Crippen molar-refractivity contribution in [3.05, 3.63) is 63.5 Å². The maximum absolute atomic E-state index is 13.5. The highest BCUT2D eigenvalue weighted by atomic mass is 32.2. The number of carbonyl (C=O) groups excluding carboxylic acids is 2. The van der Waals surface area contributed by atoms with Crippen molar-refractivity contribution in [1.82, 2.24) is 15.1 Å². The zero-order valence-electron chi connectivity index (χ0n) is 20.0. The van der Waals surface area contributed by atoms with E-state index in [0.29, 0.717) is 5.75 Å². The van der Waals surface area contributed by atoms with Crippen LogP contribution in [-0.4, -0.2) is 39.9 Å². The molecular formula is C26H30N4O2S2. The predicted octanol–water partition coefficient (Wildman–Crippen LogP) is 4.99. The van der Waals surface area contributed by atoms with Crippen LogP contribution in [0.4, 0.5) is 5.82 Å². The zero-order chi connectivity index (χ0) is 24.0. The van der Waals surface area contributed by atoms with E-state index >= 15 is 0 Å². The van der Waals surface area contributed by atoms with E-state index in [1.54, 1.807) is 28.0 Å². The number of anilines is 1. The minimum absolute atomic E-state index is 0.00114. The summed E-state index contributed by atoms with van der Waals surface area (Å²) in [5.74, 6) is 0.849. The van der Waals surface area contributed by atoms with Crippen molar-refractivity contribution in [2.45, 2.75) is 57.2 Å². The van der Waals surface area contributed by atoms with Gasteiger partial charge < -0.3 is 5.32 Å². The summed E-state index contributed by atoms with van der Waals surface area (Å²) in [6.45, 7) is 8.52. The van der Waals surface area contributed by atoms with Gasteiger partial charge in [-0.25, -0.2) is 4.68 Å². The summed E-state index contributed by atoms with van der Waals surface area (Å²) in [6, 6.07) is 12.6. The van der Waals surface area contributed by atoms with Crippen molar-refractivity contribution in [2.24, 2.45) is 0 Å². The largest absolute Gasteiger partial charge is 0.352 e. The van der Waals surface area contributed by atoms with Gasteiger partial charge in [0.05, 0.1) is 22.4 Å².